The molecular weight excluding hydrogens is 230 g/mol. The lowest BCUT2D eigenvalue weighted by Gasteiger charge is -2.32. The van der Waals surface area contributed by atoms with Gasteiger partial charge in [-0.15, -0.1) is 11.3 Å². The van der Waals surface area contributed by atoms with Crippen molar-refractivity contribution in [1.29, 1.82) is 0 Å². The van der Waals surface area contributed by atoms with Crippen molar-refractivity contribution in [2.75, 3.05) is 0 Å². The van der Waals surface area contributed by atoms with Gasteiger partial charge >= 0.3 is 0 Å². The summed E-state index contributed by atoms with van der Waals surface area (Å²) in [6, 6.07) is 4.13. The summed E-state index contributed by atoms with van der Waals surface area (Å²) in [4.78, 5) is 13.2. The Bertz CT molecular complexity index is 352. The minimum absolute atomic E-state index is 0.190. The Morgan fingerprint density at radius 1 is 1.35 bits per heavy atom. The van der Waals surface area contributed by atoms with Crippen molar-refractivity contribution in [3.63, 3.8) is 0 Å². The molecule has 0 aromatic carbocycles. The summed E-state index contributed by atoms with van der Waals surface area (Å²) in [5, 5.41) is 2.06. The van der Waals surface area contributed by atoms with E-state index in [1.54, 1.807) is 11.3 Å². The first kappa shape index (κ1) is 12.8. The highest BCUT2D eigenvalue weighted by Gasteiger charge is 2.29. The van der Waals surface area contributed by atoms with Gasteiger partial charge in [0.05, 0.1) is 0 Å². The molecule has 1 aliphatic rings. The molecule has 0 amide bonds. The molecule has 0 saturated heterocycles. The number of carbonyl (C=O) groups is 1. The Morgan fingerprint density at radius 3 is 2.76 bits per heavy atom. The summed E-state index contributed by atoms with van der Waals surface area (Å²) in [6.07, 6.45) is 7.83. The van der Waals surface area contributed by atoms with Crippen LogP contribution in [0.2, 0.25) is 0 Å². The monoisotopic (exact) mass is 251 g/mol. The Hall–Kier alpha value is -0.670. The van der Waals surface area contributed by atoms with Crippen molar-refractivity contribution in [1.82, 2.24) is 0 Å². The van der Waals surface area contributed by atoms with Gasteiger partial charge in [0, 0.05) is 23.3 Å². The zero-order valence-electron chi connectivity index (χ0n) is 10.3. The van der Waals surface area contributed by atoms with E-state index in [1.165, 1.54) is 24.1 Å². The van der Waals surface area contributed by atoms with Crippen LogP contribution < -0.4 is 5.73 Å². The van der Waals surface area contributed by atoms with Gasteiger partial charge < -0.3 is 5.73 Å². The summed E-state index contributed by atoms with van der Waals surface area (Å²) in [5.74, 6) is 0.336. The molecule has 0 aliphatic heterocycles. The molecule has 94 valence electrons. The SMILES string of the molecule is NC1(CC(=O)CCc2cccs2)CCCCC1. The van der Waals surface area contributed by atoms with E-state index in [2.05, 4.69) is 11.4 Å². The van der Waals surface area contributed by atoms with E-state index >= 15 is 0 Å². The molecule has 1 saturated carbocycles. The molecule has 3 heteroatoms. The van der Waals surface area contributed by atoms with E-state index in [9.17, 15) is 4.79 Å². The minimum atomic E-state index is -0.190. The van der Waals surface area contributed by atoms with Crippen molar-refractivity contribution < 1.29 is 4.79 Å². The van der Waals surface area contributed by atoms with Gasteiger partial charge in [0.15, 0.2) is 0 Å². The standard InChI is InChI=1S/C14H21NOS/c15-14(8-2-1-3-9-14)11-12(16)6-7-13-5-4-10-17-13/h4-5,10H,1-3,6-9,11,15H2. The van der Waals surface area contributed by atoms with Crippen molar-refractivity contribution >= 4 is 17.1 Å². The molecule has 1 heterocycles. The number of hydrogen-bond acceptors (Lipinski definition) is 3. The number of nitrogens with two attached hydrogens (primary N) is 1. The minimum Gasteiger partial charge on any atom is -0.325 e. The Labute approximate surface area is 107 Å². The van der Waals surface area contributed by atoms with Gasteiger partial charge in [0.2, 0.25) is 0 Å². The first-order valence-electron chi connectivity index (χ1n) is 6.51. The number of aryl methyl sites for hydroxylation is 1. The molecule has 0 bridgehead atoms. The topological polar surface area (TPSA) is 43.1 Å². The number of hydrogen-bond donors (Lipinski definition) is 1. The van der Waals surface area contributed by atoms with Crippen LogP contribution in [0.15, 0.2) is 17.5 Å². The lowest BCUT2D eigenvalue weighted by atomic mass is 9.79. The Kier molecular flexibility index (Phi) is 4.35. The van der Waals surface area contributed by atoms with Crippen LogP contribution in [0.1, 0.15) is 49.8 Å². The number of ketones is 1. The van der Waals surface area contributed by atoms with Crippen molar-refractivity contribution in [2.24, 2.45) is 5.73 Å². The largest absolute Gasteiger partial charge is 0.325 e. The van der Waals surface area contributed by atoms with E-state index in [4.69, 9.17) is 5.73 Å². The summed E-state index contributed by atoms with van der Waals surface area (Å²) >= 11 is 1.73. The Morgan fingerprint density at radius 2 is 2.12 bits per heavy atom. The molecule has 0 spiro atoms. The van der Waals surface area contributed by atoms with Gasteiger partial charge in [-0.3, -0.25) is 4.79 Å². The summed E-state index contributed by atoms with van der Waals surface area (Å²) in [5.41, 5.74) is 6.10. The van der Waals surface area contributed by atoms with Crippen LogP contribution in [-0.4, -0.2) is 11.3 Å². The quantitative estimate of drug-likeness (QED) is 0.872. The molecule has 1 fully saturated rings. The average molecular weight is 251 g/mol. The van der Waals surface area contributed by atoms with Gasteiger partial charge in [-0.25, -0.2) is 0 Å². The molecule has 0 unspecified atom stereocenters. The molecule has 1 aromatic heterocycles. The highest BCUT2D eigenvalue weighted by atomic mass is 32.1. The number of carbonyl (C=O) groups excluding carboxylic acids is 1. The Balaban J connectivity index is 1.76. The van der Waals surface area contributed by atoms with Crippen LogP contribution in [0.3, 0.4) is 0 Å². The zero-order chi connectivity index (χ0) is 12.1. The fourth-order valence-electron chi connectivity index (χ4n) is 2.63. The molecule has 2 N–H and O–H groups in total. The van der Waals surface area contributed by atoms with E-state index in [0.717, 1.165) is 19.3 Å². The highest BCUT2D eigenvalue weighted by molar-refractivity contribution is 7.09. The van der Waals surface area contributed by atoms with Crippen LogP contribution in [0.25, 0.3) is 0 Å². The molecule has 2 nitrogen and oxygen atoms in total. The molecule has 17 heavy (non-hydrogen) atoms. The van der Waals surface area contributed by atoms with E-state index in [1.807, 2.05) is 6.07 Å². The van der Waals surface area contributed by atoms with Crippen LogP contribution in [0.4, 0.5) is 0 Å². The fourth-order valence-corrected chi connectivity index (χ4v) is 3.34. The summed E-state index contributed by atoms with van der Waals surface area (Å²) < 4.78 is 0. The third kappa shape index (κ3) is 3.93. The third-order valence-electron chi connectivity index (χ3n) is 3.63. The number of rotatable bonds is 5. The number of thiophene rings is 1. The predicted molar refractivity (Wildman–Crippen MR) is 72.3 cm³/mol. The number of Topliss-reactive ketones (excluding diaryl/α,β-unsaturated/α-hetero) is 1. The average Bonchev–Trinajstić information content (AvgIpc) is 2.79. The maximum Gasteiger partial charge on any atom is 0.135 e. The summed E-state index contributed by atoms with van der Waals surface area (Å²) in [6.45, 7) is 0. The molecule has 0 atom stereocenters. The van der Waals surface area contributed by atoms with Crippen LogP contribution in [-0.2, 0) is 11.2 Å². The third-order valence-corrected chi connectivity index (χ3v) is 4.57. The first-order valence-corrected chi connectivity index (χ1v) is 7.39. The zero-order valence-corrected chi connectivity index (χ0v) is 11.1. The van der Waals surface area contributed by atoms with Crippen molar-refractivity contribution in [2.45, 2.75) is 56.9 Å². The van der Waals surface area contributed by atoms with Crippen molar-refractivity contribution in [3.8, 4) is 0 Å². The maximum atomic E-state index is 11.9. The molecular formula is C14H21NOS. The highest BCUT2D eigenvalue weighted by Crippen LogP contribution is 2.29. The van der Waals surface area contributed by atoms with Gasteiger partial charge in [-0.1, -0.05) is 25.3 Å². The van der Waals surface area contributed by atoms with E-state index in [0.29, 0.717) is 18.6 Å². The fraction of sp³-hybridized carbons (Fsp3) is 0.643. The molecule has 2 rings (SSSR count). The van der Waals surface area contributed by atoms with E-state index < -0.39 is 0 Å². The second-order valence-electron chi connectivity index (χ2n) is 5.22. The lowest BCUT2D eigenvalue weighted by Crippen LogP contribution is -2.43. The van der Waals surface area contributed by atoms with Gasteiger partial charge in [-0.05, 0) is 30.7 Å². The van der Waals surface area contributed by atoms with Gasteiger partial charge in [0.1, 0.15) is 5.78 Å². The van der Waals surface area contributed by atoms with E-state index in [-0.39, 0.29) is 5.54 Å². The normalized spacial score (nSPS) is 19.1. The van der Waals surface area contributed by atoms with Gasteiger partial charge in [-0.2, -0.15) is 0 Å². The molecule has 1 aromatic rings. The van der Waals surface area contributed by atoms with Gasteiger partial charge in [0.25, 0.3) is 0 Å². The second kappa shape index (κ2) is 5.78. The van der Waals surface area contributed by atoms with Crippen LogP contribution in [0.5, 0.6) is 0 Å². The van der Waals surface area contributed by atoms with Crippen LogP contribution >= 0.6 is 11.3 Å². The molecule has 0 radical (unpaired) electrons. The first-order chi connectivity index (χ1) is 8.18. The second-order valence-corrected chi connectivity index (χ2v) is 6.25. The smallest absolute Gasteiger partial charge is 0.135 e. The van der Waals surface area contributed by atoms with Crippen molar-refractivity contribution in [3.05, 3.63) is 22.4 Å². The summed E-state index contributed by atoms with van der Waals surface area (Å²) in [7, 11) is 0. The predicted octanol–water partition coefficient (Wildman–Crippen LogP) is 3.30. The molecule has 1 aliphatic carbocycles. The maximum absolute atomic E-state index is 11.9. The van der Waals surface area contributed by atoms with Crippen LogP contribution in [0, 0.1) is 0 Å². The lowest BCUT2D eigenvalue weighted by molar-refractivity contribution is -0.120.